The van der Waals surface area contributed by atoms with Crippen molar-refractivity contribution in [3.8, 4) is 0 Å². The highest BCUT2D eigenvalue weighted by atomic mass is 32.2. The molecule has 0 radical (unpaired) electrons. The second kappa shape index (κ2) is 6.84. The molecule has 0 fully saturated rings. The quantitative estimate of drug-likeness (QED) is 0.813. The predicted molar refractivity (Wildman–Crippen MR) is 91.7 cm³/mol. The van der Waals surface area contributed by atoms with Crippen molar-refractivity contribution in [2.75, 3.05) is 0 Å². The fourth-order valence-electron chi connectivity index (χ4n) is 2.42. The molecule has 126 valence electrons. The van der Waals surface area contributed by atoms with Crippen LogP contribution in [0.4, 0.5) is 0 Å². The first-order valence-electron chi connectivity index (χ1n) is 7.85. The van der Waals surface area contributed by atoms with E-state index in [-0.39, 0.29) is 17.0 Å². The first kappa shape index (κ1) is 17.7. The predicted octanol–water partition coefficient (Wildman–Crippen LogP) is 3.37. The van der Waals surface area contributed by atoms with Crippen LogP contribution in [0.25, 0.3) is 0 Å². The van der Waals surface area contributed by atoms with E-state index in [0.29, 0.717) is 12.2 Å². The Morgan fingerprint density at radius 3 is 2.22 bits per heavy atom. The lowest BCUT2D eigenvalue weighted by Gasteiger charge is -2.25. The van der Waals surface area contributed by atoms with Crippen LogP contribution in [0.15, 0.2) is 41.4 Å². The summed E-state index contributed by atoms with van der Waals surface area (Å²) in [6.07, 6.45) is 1.63. The van der Waals surface area contributed by atoms with Crippen LogP contribution in [0, 0.1) is 6.92 Å². The molecule has 0 amide bonds. The number of aryl methyl sites for hydroxylation is 1. The van der Waals surface area contributed by atoms with Crippen LogP contribution in [0.5, 0.6) is 0 Å². The lowest BCUT2D eigenvalue weighted by atomic mass is 10.2. The van der Waals surface area contributed by atoms with Gasteiger partial charge in [0.25, 0.3) is 0 Å². The fourth-order valence-corrected chi connectivity index (χ4v) is 4.20. The molecule has 0 aliphatic heterocycles. The molecule has 0 N–H and O–H groups in total. The highest BCUT2D eigenvalue weighted by molar-refractivity contribution is 7.89. The summed E-state index contributed by atoms with van der Waals surface area (Å²) in [6, 6.07) is 9.63. The molecule has 0 bridgehead atoms. The van der Waals surface area contributed by atoms with E-state index < -0.39 is 10.0 Å². The Bertz CT molecular complexity index is 749. The largest absolute Gasteiger partial charge is 0.269 e. The summed E-state index contributed by atoms with van der Waals surface area (Å²) in [5, 5.41) is 4.34. The van der Waals surface area contributed by atoms with Gasteiger partial charge in [-0.3, -0.25) is 4.68 Å². The SMILES string of the molecule is Cc1nn(C(C)C)cc1S(=O)(=O)N(Cc1ccccc1)C(C)C. The second-order valence-electron chi connectivity index (χ2n) is 6.28. The number of benzene rings is 1. The zero-order valence-corrected chi connectivity index (χ0v) is 15.2. The highest BCUT2D eigenvalue weighted by Crippen LogP contribution is 2.24. The lowest BCUT2D eigenvalue weighted by molar-refractivity contribution is 0.348. The third-order valence-corrected chi connectivity index (χ3v) is 5.87. The van der Waals surface area contributed by atoms with Gasteiger partial charge in [-0.05, 0) is 40.2 Å². The molecule has 1 aromatic heterocycles. The van der Waals surface area contributed by atoms with Crippen LogP contribution >= 0.6 is 0 Å². The Morgan fingerprint density at radius 1 is 1.13 bits per heavy atom. The van der Waals surface area contributed by atoms with Crippen LogP contribution in [-0.2, 0) is 16.6 Å². The van der Waals surface area contributed by atoms with Gasteiger partial charge >= 0.3 is 0 Å². The summed E-state index contributed by atoms with van der Waals surface area (Å²) < 4.78 is 29.4. The van der Waals surface area contributed by atoms with E-state index in [0.717, 1.165) is 5.56 Å². The van der Waals surface area contributed by atoms with E-state index in [2.05, 4.69) is 5.10 Å². The summed E-state index contributed by atoms with van der Waals surface area (Å²) in [7, 11) is -3.59. The molecule has 1 aromatic carbocycles. The molecule has 6 heteroatoms. The molecule has 0 spiro atoms. The maximum Gasteiger partial charge on any atom is 0.247 e. The van der Waals surface area contributed by atoms with Gasteiger partial charge in [0.2, 0.25) is 10.0 Å². The molecule has 1 heterocycles. The topological polar surface area (TPSA) is 55.2 Å². The van der Waals surface area contributed by atoms with E-state index in [1.807, 2.05) is 58.0 Å². The number of sulfonamides is 1. The van der Waals surface area contributed by atoms with Crippen LogP contribution < -0.4 is 0 Å². The monoisotopic (exact) mass is 335 g/mol. The van der Waals surface area contributed by atoms with E-state index in [9.17, 15) is 8.42 Å². The Labute approximate surface area is 139 Å². The minimum atomic E-state index is -3.59. The zero-order chi connectivity index (χ0) is 17.2. The first-order chi connectivity index (χ1) is 10.7. The van der Waals surface area contributed by atoms with Crippen molar-refractivity contribution in [2.24, 2.45) is 0 Å². The summed E-state index contributed by atoms with van der Waals surface area (Å²) >= 11 is 0. The van der Waals surface area contributed by atoms with Gasteiger partial charge in [0.1, 0.15) is 4.90 Å². The van der Waals surface area contributed by atoms with Crippen molar-refractivity contribution in [1.82, 2.24) is 14.1 Å². The maximum atomic E-state index is 13.1. The van der Waals surface area contributed by atoms with Gasteiger partial charge in [0.05, 0.1) is 5.69 Å². The highest BCUT2D eigenvalue weighted by Gasteiger charge is 2.30. The number of hydrogen-bond donors (Lipinski definition) is 0. The van der Waals surface area contributed by atoms with Crippen molar-refractivity contribution >= 4 is 10.0 Å². The molecular formula is C17H25N3O2S. The van der Waals surface area contributed by atoms with Crippen molar-refractivity contribution in [2.45, 2.75) is 58.1 Å². The van der Waals surface area contributed by atoms with Crippen LogP contribution in [0.1, 0.15) is 45.0 Å². The van der Waals surface area contributed by atoms with Crippen molar-refractivity contribution in [1.29, 1.82) is 0 Å². The third-order valence-electron chi connectivity index (χ3n) is 3.74. The van der Waals surface area contributed by atoms with Crippen LogP contribution in [-0.4, -0.2) is 28.5 Å². The van der Waals surface area contributed by atoms with Crippen molar-refractivity contribution in [3.05, 3.63) is 47.8 Å². The first-order valence-corrected chi connectivity index (χ1v) is 9.29. The smallest absolute Gasteiger partial charge is 0.247 e. The van der Waals surface area contributed by atoms with Gasteiger partial charge < -0.3 is 0 Å². The number of hydrogen-bond acceptors (Lipinski definition) is 3. The van der Waals surface area contributed by atoms with E-state index in [1.165, 1.54) is 4.31 Å². The molecule has 0 unspecified atom stereocenters. The van der Waals surface area contributed by atoms with Gasteiger partial charge in [0.15, 0.2) is 0 Å². The Morgan fingerprint density at radius 2 is 1.74 bits per heavy atom. The van der Waals surface area contributed by atoms with Gasteiger partial charge in [-0.2, -0.15) is 9.40 Å². The standard InChI is InChI=1S/C17H25N3O2S/c1-13(2)19-12-17(15(5)18-19)23(21,22)20(14(3)4)11-16-9-7-6-8-10-16/h6-10,12-14H,11H2,1-5H3. The number of rotatable bonds is 6. The molecule has 0 aliphatic carbocycles. The van der Waals surface area contributed by atoms with Crippen LogP contribution in [0.2, 0.25) is 0 Å². The van der Waals surface area contributed by atoms with Gasteiger partial charge in [-0.25, -0.2) is 8.42 Å². The van der Waals surface area contributed by atoms with Gasteiger partial charge in [-0.1, -0.05) is 30.3 Å². The zero-order valence-electron chi connectivity index (χ0n) is 14.4. The second-order valence-corrected chi connectivity index (χ2v) is 8.14. The normalized spacial score (nSPS) is 12.5. The summed E-state index contributed by atoms with van der Waals surface area (Å²) in [6.45, 7) is 9.84. The number of aromatic nitrogens is 2. The Hall–Kier alpha value is -1.66. The molecular weight excluding hydrogens is 310 g/mol. The summed E-state index contributed by atoms with van der Waals surface area (Å²) in [5.41, 5.74) is 1.51. The average molecular weight is 335 g/mol. The minimum absolute atomic E-state index is 0.124. The number of nitrogens with zero attached hydrogens (tertiary/aromatic N) is 3. The lowest BCUT2D eigenvalue weighted by Crippen LogP contribution is -2.36. The molecule has 0 atom stereocenters. The average Bonchev–Trinajstić information content (AvgIpc) is 2.88. The Balaban J connectivity index is 2.41. The summed E-state index contributed by atoms with van der Waals surface area (Å²) in [5.74, 6) is 0. The van der Waals surface area contributed by atoms with Gasteiger partial charge in [-0.15, -0.1) is 0 Å². The molecule has 0 saturated heterocycles. The molecule has 23 heavy (non-hydrogen) atoms. The molecule has 2 aromatic rings. The molecule has 5 nitrogen and oxygen atoms in total. The van der Waals surface area contributed by atoms with Crippen molar-refractivity contribution in [3.63, 3.8) is 0 Å². The Kier molecular flexibility index (Phi) is 5.26. The molecule has 0 saturated carbocycles. The molecule has 0 aliphatic rings. The van der Waals surface area contributed by atoms with E-state index >= 15 is 0 Å². The van der Waals surface area contributed by atoms with Crippen molar-refractivity contribution < 1.29 is 8.42 Å². The maximum absolute atomic E-state index is 13.1. The minimum Gasteiger partial charge on any atom is -0.269 e. The van der Waals surface area contributed by atoms with Gasteiger partial charge in [0, 0.05) is 24.8 Å². The van der Waals surface area contributed by atoms with E-state index in [4.69, 9.17) is 0 Å². The van der Waals surface area contributed by atoms with E-state index in [1.54, 1.807) is 17.8 Å². The summed E-state index contributed by atoms with van der Waals surface area (Å²) in [4.78, 5) is 0.288. The molecule has 2 rings (SSSR count). The fraction of sp³-hybridized carbons (Fsp3) is 0.471. The van der Waals surface area contributed by atoms with Crippen LogP contribution in [0.3, 0.4) is 0 Å². The third kappa shape index (κ3) is 3.82.